The molecule has 0 aromatic carbocycles. The number of ether oxygens (including phenoxy) is 3. The lowest BCUT2D eigenvalue weighted by molar-refractivity contribution is -0.887. The molecule has 0 heterocycles. The number of allylic oxidation sites excluding steroid dienone is 4. The van der Waals surface area contributed by atoms with E-state index in [2.05, 4.69) is 38.2 Å². The second-order valence-electron chi connectivity index (χ2n) is 14.9. The largest absolute Gasteiger partial charge is 0.477 e. The molecular formula is C42H78NO7+. The molecule has 0 aliphatic carbocycles. The summed E-state index contributed by atoms with van der Waals surface area (Å²) in [6, 6.07) is -0.612. The number of unbranched alkanes of at least 4 members (excludes halogenated alkanes) is 19. The quantitative estimate of drug-likeness (QED) is 0.0299. The summed E-state index contributed by atoms with van der Waals surface area (Å²) in [6.07, 6.45) is 35.1. The number of nitrogens with zero attached hydrogens (tertiary/aromatic N) is 1. The van der Waals surface area contributed by atoms with Crippen molar-refractivity contribution in [3.63, 3.8) is 0 Å². The van der Waals surface area contributed by atoms with Gasteiger partial charge in [0.25, 0.3) is 0 Å². The van der Waals surface area contributed by atoms with Gasteiger partial charge in [-0.25, -0.2) is 4.79 Å². The molecule has 0 fully saturated rings. The number of hydrogen-bond acceptors (Lipinski definition) is 6. The highest BCUT2D eigenvalue weighted by molar-refractivity contribution is 5.72. The number of carboxylic acid groups (broad SMARTS) is 1. The van der Waals surface area contributed by atoms with Crippen LogP contribution < -0.4 is 0 Å². The van der Waals surface area contributed by atoms with Gasteiger partial charge in [-0.05, 0) is 38.5 Å². The third kappa shape index (κ3) is 31.8. The second kappa shape index (κ2) is 33.9. The number of carboxylic acids is 1. The summed E-state index contributed by atoms with van der Waals surface area (Å²) in [4.78, 5) is 36.7. The first-order chi connectivity index (χ1) is 24.1. The summed E-state index contributed by atoms with van der Waals surface area (Å²) in [5.74, 6) is -1.49. The van der Waals surface area contributed by atoms with E-state index in [1.165, 1.54) is 83.5 Å². The first-order valence-electron chi connectivity index (χ1n) is 20.4. The molecule has 0 amide bonds. The molecule has 0 aliphatic heterocycles. The molecule has 8 nitrogen and oxygen atoms in total. The van der Waals surface area contributed by atoms with E-state index in [1.54, 1.807) is 0 Å². The van der Waals surface area contributed by atoms with Gasteiger partial charge in [0.1, 0.15) is 6.61 Å². The predicted octanol–water partition coefficient (Wildman–Crippen LogP) is 10.5. The van der Waals surface area contributed by atoms with Crippen molar-refractivity contribution in [2.24, 2.45) is 0 Å². The molecule has 0 bridgehead atoms. The van der Waals surface area contributed by atoms with Crippen LogP contribution in [-0.4, -0.2) is 80.6 Å². The highest BCUT2D eigenvalue weighted by Crippen LogP contribution is 2.13. The van der Waals surface area contributed by atoms with Crippen LogP contribution >= 0.6 is 0 Å². The molecule has 2 unspecified atom stereocenters. The van der Waals surface area contributed by atoms with Crippen molar-refractivity contribution in [3.05, 3.63) is 24.3 Å². The lowest BCUT2D eigenvalue weighted by atomic mass is 10.1. The van der Waals surface area contributed by atoms with E-state index < -0.39 is 18.1 Å². The predicted molar refractivity (Wildman–Crippen MR) is 206 cm³/mol. The van der Waals surface area contributed by atoms with Crippen molar-refractivity contribution >= 4 is 17.9 Å². The van der Waals surface area contributed by atoms with Crippen LogP contribution in [0.1, 0.15) is 174 Å². The van der Waals surface area contributed by atoms with E-state index in [-0.39, 0.29) is 36.2 Å². The minimum Gasteiger partial charge on any atom is -0.477 e. The molecule has 2 atom stereocenters. The molecule has 0 spiro atoms. The van der Waals surface area contributed by atoms with Gasteiger partial charge in [0.2, 0.25) is 0 Å². The molecule has 0 rings (SSSR count). The molecule has 50 heavy (non-hydrogen) atoms. The van der Waals surface area contributed by atoms with Crippen LogP contribution in [0.3, 0.4) is 0 Å². The van der Waals surface area contributed by atoms with E-state index in [4.69, 9.17) is 14.2 Å². The number of rotatable bonds is 36. The van der Waals surface area contributed by atoms with Gasteiger partial charge in [-0.15, -0.1) is 0 Å². The highest BCUT2D eigenvalue weighted by Gasteiger charge is 2.31. The Morgan fingerprint density at radius 1 is 0.600 bits per heavy atom. The van der Waals surface area contributed by atoms with Crippen LogP contribution in [0.5, 0.6) is 0 Å². The maximum absolute atomic E-state index is 12.6. The normalized spacial score (nSPS) is 13.2. The fraction of sp³-hybridized carbons (Fsp3) is 0.833. The van der Waals surface area contributed by atoms with Gasteiger partial charge in [-0.3, -0.25) is 9.59 Å². The van der Waals surface area contributed by atoms with Crippen LogP contribution in [0.25, 0.3) is 0 Å². The Morgan fingerprint density at radius 2 is 1.04 bits per heavy atom. The maximum Gasteiger partial charge on any atom is 0.362 e. The zero-order chi connectivity index (χ0) is 37.1. The zero-order valence-corrected chi connectivity index (χ0v) is 33.1. The monoisotopic (exact) mass is 709 g/mol. The lowest BCUT2D eigenvalue weighted by Gasteiger charge is -2.31. The smallest absolute Gasteiger partial charge is 0.362 e. The Bertz CT molecular complexity index is 880. The average Bonchev–Trinajstić information content (AvgIpc) is 3.06. The SMILES string of the molecule is CCCCCCCCC/C=C/C=C/CCCCCCCC(=O)OCC(COCCC(C(=O)O)[N+](C)(C)C)OC(=O)CCCCCCCCCC. The Kier molecular flexibility index (Phi) is 32.4. The summed E-state index contributed by atoms with van der Waals surface area (Å²) < 4.78 is 17.2. The first kappa shape index (κ1) is 47.8. The Balaban J connectivity index is 4.31. The topological polar surface area (TPSA) is 99.1 Å². The molecule has 8 heteroatoms. The third-order valence-corrected chi connectivity index (χ3v) is 9.13. The molecule has 0 aromatic rings. The van der Waals surface area contributed by atoms with Crippen LogP contribution in [-0.2, 0) is 28.6 Å². The summed E-state index contributed by atoms with van der Waals surface area (Å²) in [7, 11) is 5.51. The molecule has 0 radical (unpaired) electrons. The summed E-state index contributed by atoms with van der Waals surface area (Å²) >= 11 is 0. The van der Waals surface area contributed by atoms with E-state index in [9.17, 15) is 19.5 Å². The maximum atomic E-state index is 12.6. The van der Waals surface area contributed by atoms with Gasteiger partial charge < -0.3 is 23.8 Å². The molecule has 1 N–H and O–H groups in total. The highest BCUT2D eigenvalue weighted by atomic mass is 16.6. The fourth-order valence-electron chi connectivity index (χ4n) is 5.90. The van der Waals surface area contributed by atoms with Crippen LogP contribution in [0, 0.1) is 0 Å². The van der Waals surface area contributed by atoms with Crippen molar-refractivity contribution in [2.45, 2.75) is 187 Å². The van der Waals surface area contributed by atoms with Crippen molar-refractivity contribution in [3.8, 4) is 0 Å². The molecule has 0 aliphatic rings. The van der Waals surface area contributed by atoms with Crippen molar-refractivity contribution in [2.75, 3.05) is 41.0 Å². The lowest BCUT2D eigenvalue weighted by Crippen LogP contribution is -2.50. The van der Waals surface area contributed by atoms with Crippen LogP contribution in [0.2, 0.25) is 0 Å². The Labute approximate surface area is 307 Å². The van der Waals surface area contributed by atoms with Crippen molar-refractivity contribution in [1.82, 2.24) is 0 Å². The molecule has 292 valence electrons. The van der Waals surface area contributed by atoms with E-state index >= 15 is 0 Å². The number of aliphatic carboxylic acids is 1. The third-order valence-electron chi connectivity index (χ3n) is 9.13. The van der Waals surface area contributed by atoms with Gasteiger partial charge in [0.05, 0.1) is 34.4 Å². The fourth-order valence-corrected chi connectivity index (χ4v) is 5.90. The Hall–Kier alpha value is -2.19. The van der Waals surface area contributed by atoms with Crippen LogP contribution in [0.15, 0.2) is 24.3 Å². The number of likely N-dealkylation sites (N-methyl/N-ethyl adjacent to an activating group) is 1. The van der Waals surface area contributed by atoms with Gasteiger partial charge in [-0.2, -0.15) is 0 Å². The Morgan fingerprint density at radius 3 is 1.50 bits per heavy atom. The molecule has 0 aromatic heterocycles. The van der Waals surface area contributed by atoms with Gasteiger partial charge >= 0.3 is 17.9 Å². The van der Waals surface area contributed by atoms with E-state index in [0.29, 0.717) is 19.3 Å². The number of hydrogen-bond donors (Lipinski definition) is 1. The second-order valence-corrected chi connectivity index (χ2v) is 14.9. The average molecular weight is 709 g/mol. The zero-order valence-electron chi connectivity index (χ0n) is 33.1. The summed E-state index contributed by atoms with van der Waals surface area (Å²) in [6.45, 7) is 4.68. The van der Waals surface area contributed by atoms with Crippen LogP contribution in [0.4, 0.5) is 0 Å². The van der Waals surface area contributed by atoms with E-state index in [1.807, 2.05) is 21.1 Å². The number of esters is 2. The molecule has 0 saturated carbocycles. The van der Waals surface area contributed by atoms with E-state index in [0.717, 1.165) is 57.8 Å². The number of quaternary nitrogens is 1. The number of carbonyl (C=O) groups is 3. The molecular weight excluding hydrogens is 630 g/mol. The molecule has 0 saturated heterocycles. The van der Waals surface area contributed by atoms with Gasteiger partial charge in [0.15, 0.2) is 12.1 Å². The van der Waals surface area contributed by atoms with Gasteiger partial charge in [-0.1, -0.05) is 141 Å². The minimum absolute atomic E-state index is 0.0560. The first-order valence-corrected chi connectivity index (χ1v) is 20.4. The van der Waals surface area contributed by atoms with Crippen molar-refractivity contribution < 1.29 is 38.2 Å². The minimum atomic E-state index is -0.878. The standard InChI is InChI=1S/C42H77NO7/c1-6-8-10-12-14-16-17-18-19-20-21-22-23-24-25-27-28-30-32-40(44)49-37-38(36-48-35-34-39(42(46)47)43(3,4)5)50-41(45)33-31-29-26-15-13-11-9-7-2/h19-22,38-39H,6-18,23-37H2,1-5H3/p+1/b20-19+,22-21+. The summed E-state index contributed by atoms with van der Waals surface area (Å²) in [5.41, 5.74) is 0. The van der Waals surface area contributed by atoms with Gasteiger partial charge in [0, 0.05) is 19.3 Å². The van der Waals surface area contributed by atoms with Crippen molar-refractivity contribution in [1.29, 1.82) is 0 Å². The summed E-state index contributed by atoms with van der Waals surface area (Å²) in [5, 5.41) is 9.57. The number of carbonyl (C=O) groups excluding carboxylic acids is 2.